The van der Waals surface area contributed by atoms with Crippen molar-refractivity contribution in [2.24, 2.45) is 10.6 Å². The van der Waals surface area contributed by atoms with Gasteiger partial charge in [-0.15, -0.1) is 0 Å². The Morgan fingerprint density at radius 2 is 1.43 bits per heavy atom. The van der Waals surface area contributed by atoms with E-state index < -0.39 is 5.41 Å². The lowest BCUT2D eigenvalue weighted by molar-refractivity contribution is -0.143. The first-order valence-corrected chi connectivity index (χ1v) is 19.1. The SMILES string of the molecule is CCO/N=C(\CC)C1=C(O)CC(c2c(C)cc(C)cc2C)CC1=O.CCc1cc(C)cc(CC)c1-c1c(OC(=O)C(C)(C)C)n2n(c1=O)CCOCC2. The molecule has 53 heavy (non-hydrogen) atoms. The number of aliphatic hydroxyl groups excluding tert-OH is 1. The number of carbonyl (C=O) groups excluding carboxylic acids is 2. The second kappa shape index (κ2) is 17.6. The van der Waals surface area contributed by atoms with E-state index in [2.05, 4.69) is 71.0 Å². The number of hydrogen-bond donors (Lipinski definition) is 1. The van der Waals surface area contributed by atoms with Crippen LogP contribution in [0.3, 0.4) is 0 Å². The van der Waals surface area contributed by atoms with Gasteiger partial charge in [0.25, 0.3) is 5.56 Å². The quantitative estimate of drug-likeness (QED) is 0.133. The first-order valence-electron chi connectivity index (χ1n) is 19.1. The van der Waals surface area contributed by atoms with Gasteiger partial charge >= 0.3 is 5.97 Å². The molecule has 0 fully saturated rings. The van der Waals surface area contributed by atoms with E-state index >= 15 is 0 Å². The van der Waals surface area contributed by atoms with E-state index in [9.17, 15) is 19.5 Å². The van der Waals surface area contributed by atoms with Crippen LogP contribution in [0.2, 0.25) is 0 Å². The number of esters is 1. The molecule has 2 aliphatic rings. The van der Waals surface area contributed by atoms with Gasteiger partial charge in [0.2, 0.25) is 5.88 Å². The number of benzene rings is 2. The standard InChI is InChI=1S/C23H32N2O4.C20H27NO3/c1-7-16-13-15(3)14-17(8-2)18(16)19-20(26)24-9-11-28-12-10-25(24)21(19)29-22(27)23(4,5)6;1-6-16(21-24-7-2)20-17(22)10-15(11-18(20)23)19-13(4)8-12(3)9-14(19)5/h13-14H,7-12H2,1-6H3;8-9,15,22H,6-7,10-11H2,1-5H3/b;21-16+. The second-order valence-electron chi connectivity index (χ2n) is 15.1. The second-order valence-corrected chi connectivity index (χ2v) is 15.1. The molecule has 0 saturated carbocycles. The summed E-state index contributed by atoms with van der Waals surface area (Å²) in [7, 11) is 0. The molecule has 0 saturated heterocycles. The minimum atomic E-state index is -0.675. The molecule has 0 radical (unpaired) electrons. The third-order valence-electron chi connectivity index (χ3n) is 9.86. The molecule has 10 nitrogen and oxygen atoms in total. The number of aromatic nitrogens is 2. The summed E-state index contributed by atoms with van der Waals surface area (Å²) in [4.78, 5) is 44.1. The number of allylic oxidation sites excluding steroid dienone is 2. The Morgan fingerprint density at radius 3 is 1.94 bits per heavy atom. The van der Waals surface area contributed by atoms with Gasteiger partial charge in [0.1, 0.15) is 17.9 Å². The molecule has 1 N–H and O–H groups in total. The topological polar surface area (TPSA) is 121 Å². The molecule has 1 aromatic heterocycles. The van der Waals surface area contributed by atoms with Gasteiger partial charge < -0.3 is 19.4 Å². The number of oxime groups is 1. The van der Waals surface area contributed by atoms with Crippen molar-refractivity contribution in [1.29, 1.82) is 0 Å². The van der Waals surface area contributed by atoms with E-state index in [1.807, 2.05) is 34.6 Å². The highest BCUT2D eigenvalue weighted by atomic mass is 16.6. The number of nitrogens with zero attached hydrogens (tertiary/aromatic N) is 3. The smallest absolute Gasteiger partial charge is 0.317 e. The number of fused-ring (bicyclic) bond motifs is 1. The molecule has 1 unspecified atom stereocenters. The summed E-state index contributed by atoms with van der Waals surface area (Å²) in [5.74, 6) is 0.0908. The van der Waals surface area contributed by atoms with Crippen LogP contribution < -0.4 is 10.3 Å². The molecule has 0 amide bonds. The molecule has 10 heteroatoms. The van der Waals surface area contributed by atoms with Crippen molar-refractivity contribution in [2.45, 2.75) is 127 Å². The molecule has 1 atom stereocenters. The van der Waals surface area contributed by atoms with Crippen molar-refractivity contribution in [3.63, 3.8) is 0 Å². The van der Waals surface area contributed by atoms with Crippen molar-refractivity contribution in [3.05, 3.63) is 84.9 Å². The average Bonchev–Trinajstić information content (AvgIpc) is 3.21. The zero-order valence-corrected chi connectivity index (χ0v) is 33.7. The molecule has 2 heterocycles. The van der Waals surface area contributed by atoms with Crippen LogP contribution in [0.1, 0.15) is 113 Å². The van der Waals surface area contributed by atoms with Crippen LogP contribution in [-0.2, 0) is 45.1 Å². The Kier molecular flexibility index (Phi) is 13.7. The normalized spacial score (nSPS) is 16.5. The lowest BCUT2D eigenvalue weighted by Crippen LogP contribution is -2.27. The van der Waals surface area contributed by atoms with Gasteiger partial charge in [-0.05, 0) is 114 Å². The maximum Gasteiger partial charge on any atom is 0.317 e. The van der Waals surface area contributed by atoms with Gasteiger partial charge in [-0.3, -0.25) is 14.4 Å². The molecule has 288 valence electrons. The van der Waals surface area contributed by atoms with Crippen LogP contribution >= 0.6 is 0 Å². The zero-order valence-electron chi connectivity index (χ0n) is 33.7. The maximum atomic E-state index is 13.5. The largest absolute Gasteiger partial charge is 0.511 e. The number of rotatable bonds is 9. The molecule has 0 spiro atoms. The molecule has 1 aliphatic heterocycles. The first kappa shape index (κ1) is 41.3. The summed E-state index contributed by atoms with van der Waals surface area (Å²) in [5.41, 5.74) is 9.63. The molecular formula is C43H59N3O7. The predicted molar refractivity (Wildman–Crippen MR) is 210 cm³/mol. The third-order valence-corrected chi connectivity index (χ3v) is 9.86. The monoisotopic (exact) mass is 729 g/mol. The number of hydrogen-bond acceptors (Lipinski definition) is 8. The van der Waals surface area contributed by atoms with E-state index in [4.69, 9.17) is 14.3 Å². The zero-order chi connectivity index (χ0) is 39.2. The summed E-state index contributed by atoms with van der Waals surface area (Å²) in [6, 6.07) is 8.52. The molecule has 2 aromatic carbocycles. The molecule has 1 aliphatic carbocycles. The Hall–Kier alpha value is -4.44. The lowest BCUT2D eigenvalue weighted by Gasteiger charge is -2.27. The van der Waals surface area contributed by atoms with Crippen molar-refractivity contribution < 1.29 is 29.0 Å². The number of aryl methyl sites for hydroxylation is 6. The van der Waals surface area contributed by atoms with Gasteiger partial charge in [-0.2, -0.15) is 0 Å². The Balaban J connectivity index is 0.000000241. The van der Waals surface area contributed by atoms with Gasteiger partial charge in [-0.1, -0.05) is 61.3 Å². The predicted octanol–water partition coefficient (Wildman–Crippen LogP) is 8.40. The van der Waals surface area contributed by atoms with E-state index in [0.29, 0.717) is 74.9 Å². The van der Waals surface area contributed by atoms with E-state index in [1.165, 1.54) is 27.8 Å². The summed E-state index contributed by atoms with van der Waals surface area (Å²) < 4.78 is 14.9. The fourth-order valence-electron chi connectivity index (χ4n) is 7.49. The average molecular weight is 730 g/mol. The van der Waals surface area contributed by atoms with Gasteiger partial charge in [0.05, 0.1) is 43.0 Å². The summed E-state index contributed by atoms with van der Waals surface area (Å²) in [6.45, 7) is 23.9. The van der Waals surface area contributed by atoms with E-state index in [-0.39, 0.29) is 29.0 Å². The minimum absolute atomic E-state index is 0.0204. The Morgan fingerprint density at radius 1 is 0.868 bits per heavy atom. The lowest BCUT2D eigenvalue weighted by atomic mass is 9.78. The van der Waals surface area contributed by atoms with Crippen LogP contribution in [-0.4, -0.2) is 51.8 Å². The van der Waals surface area contributed by atoms with Crippen LogP contribution in [0.4, 0.5) is 0 Å². The fraction of sp³-hybridized carbons (Fsp3) is 0.535. The Bertz CT molecular complexity index is 1910. The highest BCUT2D eigenvalue weighted by Gasteiger charge is 2.34. The highest BCUT2D eigenvalue weighted by molar-refractivity contribution is 6.23. The van der Waals surface area contributed by atoms with Crippen molar-refractivity contribution in [3.8, 4) is 17.0 Å². The number of ketones is 1. The minimum Gasteiger partial charge on any atom is -0.511 e. The van der Waals surface area contributed by atoms with Crippen LogP contribution in [0, 0.1) is 33.1 Å². The van der Waals surface area contributed by atoms with Crippen molar-refractivity contribution in [1.82, 2.24) is 9.36 Å². The van der Waals surface area contributed by atoms with Crippen molar-refractivity contribution >= 4 is 17.5 Å². The van der Waals surface area contributed by atoms with E-state index in [1.54, 1.807) is 9.36 Å². The van der Waals surface area contributed by atoms with Gasteiger partial charge in [0.15, 0.2) is 5.78 Å². The highest BCUT2D eigenvalue weighted by Crippen LogP contribution is 2.39. The molecule has 3 aromatic rings. The number of ether oxygens (including phenoxy) is 2. The summed E-state index contributed by atoms with van der Waals surface area (Å²) >= 11 is 0. The maximum absolute atomic E-state index is 13.5. The van der Waals surface area contributed by atoms with E-state index in [0.717, 1.165) is 29.5 Å². The first-order chi connectivity index (χ1) is 25.1. The molecule has 0 bridgehead atoms. The summed E-state index contributed by atoms with van der Waals surface area (Å²) in [5, 5.41) is 14.5. The van der Waals surface area contributed by atoms with Crippen LogP contribution in [0.25, 0.3) is 11.1 Å². The fourth-order valence-corrected chi connectivity index (χ4v) is 7.49. The number of carbonyl (C=O) groups is 2. The van der Waals surface area contributed by atoms with Crippen molar-refractivity contribution in [2.75, 3.05) is 19.8 Å². The van der Waals surface area contributed by atoms with Gasteiger partial charge in [-0.25, -0.2) is 9.36 Å². The van der Waals surface area contributed by atoms with Gasteiger partial charge in [0, 0.05) is 12.8 Å². The molecule has 5 rings (SSSR count). The number of aliphatic hydroxyl groups is 1. The van der Waals surface area contributed by atoms with Crippen LogP contribution in [0.5, 0.6) is 5.88 Å². The number of Topliss-reactive ketones (excluding diaryl/α,β-unsaturated/α-hetero) is 1. The van der Waals surface area contributed by atoms with Crippen LogP contribution in [0.15, 0.2) is 45.5 Å². The Labute approximate surface area is 314 Å². The third kappa shape index (κ3) is 9.21. The summed E-state index contributed by atoms with van der Waals surface area (Å²) in [6.07, 6.45) is 3.01. The molecular weight excluding hydrogens is 670 g/mol.